The van der Waals surface area contributed by atoms with Gasteiger partial charge in [-0.3, -0.25) is 4.79 Å². The summed E-state index contributed by atoms with van der Waals surface area (Å²) >= 11 is 5.75. The first-order chi connectivity index (χ1) is 8.28. The molecule has 0 aliphatic rings. The van der Waals surface area contributed by atoms with Gasteiger partial charge in [-0.25, -0.2) is 0 Å². The fourth-order valence-corrected chi connectivity index (χ4v) is 1.49. The first-order valence-corrected chi connectivity index (χ1v) is 5.49. The van der Waals surface area contributed by atoms with Gasteiger partial charge < -0.3 is 10.6 Å². The summed E-state index contributed by atoms with van der Waals surface area (Å²) in [4.78, 5) is 11.1. The van der Waals surface area contributed by atoms with Crippen molar-refractivity contribution in [1.82, 2.24) is 5.32 Å². The molecule has 0 fully saturated rings. The van der Waals surface area contributed by atoms with Gasteiger partial charge in [0.05, 0.1) is 6.54 Å². The molecule has 1 amide bonds. The first-order valence-electron chi connectivity index (χ1n) is 5.11. The molecular weight excluding hydrogens is 269 g/mol. The summed E-state index contributed by atoms with van der Waals surface area (Å²) in [6.45, 7) is 0.230. The molecule has 3 nitrogen and oxygen atoms in total. The van der Waals surface area contributed by atoms with Crippen LogP contribution in [0.1, 0.15) is 5.56 Å². The van der Waals surface area contributed by atoms with Crippen LogP contribution in [0, 0.1) is 6.92 Å². The average Bonchev–Trinajstić information content (AvgIpc) is 2.24. The van der Waals surface area contributed by atoms with Gasteiger partial charge >= 0.3 is 6.18 Å². The first kappa shape index (κ1) is 14.6. The van der Waals surface area contributed by atoms with Crippen LogP contribution in [-0.2, 0) is 4.79 Å². The summed E-state index contributed by atoms with van der Waals surface area (Å²) in [5, 5.41) is 5.06. The highest BCUT2D eigenvalue weighted by Gasteiger charge is 2.27. The number of halogens is 4. The predicted octanol–water partition coefficient (Wildman–Crippen LogP) is 2.74. The number of hydrogen-bond donors (Lipinski definition) is 2. The Bertz CT molecular complexity index is 435. The van der Waals surface area contributed by atoms with Gasteiger partial charge in [-0.1, -0.05) is 11.6 Å². The van der Waals surface area contributed by atoms with Crippen molar-refractivity contribution in [2.75, 3.05) is 18.4 Å². The number of amides is 1. The molecule has 2 N–H and O–H groups in total. The molecule has 0 spiro atoms. The number of alkyl halides is 3. The zero-order chi connectivity index (χ0) is 13.8. The topological polar surface area (TPSA) is 41.1 Å². The lowest BCUT2D eigenvalue weighted by molar-refractivity contribution is -0.137. The summed E-state index contributed by atoms with van der Waals surface area (Å²) in [5.41, 5.74) is 1.47. The molecule has 0 unspecified atom stereocenters. The van der Waals surface area contributed by atoms with Crippen LogP contribution in [0.4, 0.5) is 18.9 Å². The maximum Gasteiger partial charge on any atom is 0.405 e. The summed E-state index contributed by atoms with van der Waals surface area (Å²) in [7, 11) is 0. The molecule has 7 heteroatoms. The summed E-state index contributed by atoms with van der Waals surface area (Å²) in [5.74, 6) is -0.721. The van der Waals surface area contributed by atoms with Crippen LogP contribution in [0.15, 0.2) is 18.2 Å². The van der Waals surface area contributed by atoms with Crippen molar-refractivity contribution in [2.24, 2.45) is 0 Å². The number of carbonyl (C=O) groups is 1. The molecule has 0 saturated carbocycles. The number of carbonyl (C=O) groups excluding carboxylic acids is 1. The van der Waals surface area contributed by atoms with Crippen molar-refractivity contribution in [3.05, 3.63) is 28.8 Å². The van der Waals surface area contributed by atoms with E-state index in [9.17, 15) is 18.0 Å². The monoisotopic (exact) mass is 280 g/mol. The highest BCUT2D eigenvalue weighted by molar-refractivity contribution is 6.30. The van der Waals surface area contributed by atoms with Gasteiger partial charge in [0.1, 0.15) is 6.54 Å². The Morgan fingerprint density at radius 1 is 1.39 bits per heavy atom. The smallest absolute Gasteiger partial charge is 0.376 e. The quantitative estimate of drug-likeness (QED) is 0.890. The van der Waals surface area contributed by atoms with Gasteiger partial charge in [0.15, 0.2) is 0 Å². The Balaban J connectivity index is 2.43. The highest BCUT2D eigenvalue weighted by Crippen LogP contribution is 2.19. The SMILES string of the molecule is Cc1cc(Cl)ccc1NCC(=O)NCC(F)(F)F. The third-order valence-electron chi connectivity index (χ3n) is 2.11. The second-order valence-corrected chi connectivity index (χ2v) is 4.14. The molecule has 0 atom stereocenters. The van der Waals surface area contributed by atoms with Crippen LogP contribution < -0.4 is 10.6 Å². The van der Waals surface area contributed by atoms with Crippen LogP contribution in [0.25, 0.3) is 0 Å². The van der Waals surface area contributed by atoms with E-state index in [0.717, 1.165) is 5.56 Å². The summed E-state index contributed by atoms with van der Waals surface area (Å²) in [6.07, 6.45) is -4.40. The largest absolute Gasteiger partial charge is 0.405 e. The van der Waals surface area contributed by atoms with Crippen molar-refractivity contribution in [3.8, 4) is 0 Å². The molecule has 1 rings (SSSR count). The van der Waals surface area contributed by atoms with Gasteiger partial charge in [0.2, 0.25) is 5.91 Å². The van der Waals surface area contributed by atoms with E-state index in [1.165, 1.54) is 0 Å². The molecule has 0 saturated heterocycles. The van der Waals surface area contributed by atoms with E-state index in [-0.39, 0.29) is 6.54 Å². The van der Waals surface area contributed by atoms with Crippen molar-refractivity contribution in [1.29, 1.82) is 0 Å². The van der Waals surface area contributed by atoms with Crippen LogP contribution in [0.2, 0.25) is 5.02 Å². The highest BCUT2D eigenvalue weighted by atomic mass is 35.5. The van der Waals surface area contributed by atoms with E-state index in [4.69, 9.17) is 11.6 Å². The molecule has 1 aromatic carbocycles. The molecule has 0 aliphatic carbocycles. The standard InChI is InChI=1S/C11H12ClF3N2O/c1-7-4-8(12)2-3-9(7)16-5-10(18)17-6-11(13,14)15/h2-4,16H,5-6H2,1H3,(H,17,18). The second-order valence-electron chi connectivity index (χ2n) is 3.70. The fourth-order valence-electron chi connectivity index (χ4n) is 1.26. The minimum Gasteiger partial charge on any atom is -0.376 e. The normalized spacial score (nSPS) is 11.2. The molecule has 0 bridgehead atoms. The average molecular weight is 281 g/mol. The number of aryl methyl sites for hydroxylation is 1. The maximum atomic E-state index is 11.8. The van der Waals surface area contributed by atoms with E-state index < -0.39 is 18.6 Å². The van der Waals surface area contributed by atoms with E-state index >= 15 is 0 Å². The van der Waals surface area contributed by atoms with Gasteiger partial charge in [-0.2, -0.15) is 13.2 Å². The second kappa shape index (κ2) is 5.95. The fraction of sp³-hybridized carbons (Fsp3) is 0.364. The Hall–Kier alpha value is -1.43. The molecule has 0 heterocycles. The van der Waals surface area contributed by atoms with E-state index in [0.29, 0.717) is 10.7 Å². The number of nitrogens with one attached hydrogen (secondary N) is 2. The Labute approximate surface area is 107 Å². The van der Waals surface area contributed by atoms with Crippen LogP contribution in [0.3, 0.4) is 0 Å². The number of hydrogen-bond acceptors (Lipinski definition) is 2. The Morgan fingerprint density at radius 2 is 2.06 bits per heavy atom. The van der Waals surface area contributed by atoms with Gasteiger partial charge in [0.25, 0.3) is 0 Å². The van der Waals surface area contributed by atoms with Crippen LogP contribution in [0.5, 0.6) is 0 Å². The Kier molecular flexibility index (Phi) is 4.84. The number of rotatable bonds is 4. The van der Waals surface area contributed by atoms with Crippen LogP contribution in [-0.4, -0.2) is 25.2 Å². The zero-order valence-electron chi connectivity index (χ0n) is 9.57. The molecule has 0 aliphatic heterocycles. The Morgan fingerprint density at radius 3 is 2.61 bits per heavy atom. The number of benzene rings is 1. The molecule has 18 heavy (non-hydrogen) atoms. The van der Waals surface area contributed by atoms with Crippen molar-refractivity contribution < 1.29 is 18.0 Å². The minimum absolute atomic E-state index is 0.224. The minimum atomic E-state index is -4.40. The lowest BCUT2D eigenvalue weighted by Crippen LogP contribution is -2.37. The molecule has 0 radical (unpaired) electrons. The van der Waals surface area contributed by atoms with Gasteiger partial charge in [-0.15, -0.1) is 0 Å². The molecular formula is C11H12ClF3N2O. The van der Waals surface area contributed by atoms with Crippen molar-refractivity contribution in [2.45, 2.75) is 13.1 Å². The molecule has 0 aromatic heterocycles. The van der Waals surface area contributed by atoms with Gasteiger partial charge in [0, 0.05) is 10.7 Å². The van der Waals surface area contributed by atoms with Crippen molar-refractivity contribution in [3.63, 3.8) is 0 Å². The summed E-state index contributed by atoms with van der Waals surface area (Å²) < 4.78 is 35.5. The van der Waals surface area contributed by atoms with E-state index in [1.807, 2.05) is 0 Å². The molecule has 100 valence electrons. The number of anilines is 1. The third kappa shape index (κ3) is 5.27. The summed E-state index contributed by atoms with van der Waals surface area (Å²) in [6, 6.07) is 4.98. The third-order valence-corrected chi connectivity index (χ3v) is 2.35. The molecule has 1 aromatic rings. The van der Waals surface area contributed by atoms with Gasteiger partial charge in [-0.05, 0) is 30.7 Å². The van der Waals surface area contributed by atoms with E-state index in [1.54, 1.807) is 30.4 Å². The van der Waals surface area contributed by atoms with Crippen molar-refractivity contribution >= 4 is 23.2 Å². The predicted molar refractivity (Wildman–Crippen MR) is 63.7 cm³/mol. The lowest BCUT2D eigenvalue weighted by Gasteiger charge is -2.11. The zero-order valence-corrected chi connectivity index (χ0v) is 10.3. The lowest BCUT2D eigenvalue weighted by atomic mass is 10.2. The maximum absolute atomic E-state index is 11.8. The van der Waals surface area contributed by atoms with E-state index in [2.05, 4.69) is 5.32 Å². The van der Waals surface area contributed by atoms with Crippen LogP contribution >= 0.6 is 11.6 Å².